The molecule has 0 spiro atoms. The first-order valence-corrected chi connectivity index (χ1v) is 9.34. The first-order chi connectivity index (χ1) is 13.2. The Kier molecular flexibility index (Phi) is 5.23. The molecule has 0 unspecified atom stereocenters. The summed E-state index contributed by atoms with van der Waals surface area (Å²) in [5.74, 6) is 0.893. The molecule has 1 saturated heterocycles. The average molecular weight is 382 g/mol. The minimum absolute atomic E-state index is 0.0723. The molecule has 0 atom stereocenters. The van der Waals surface area contributed by atoms with Crippen molar-refractivity contribution >= 4 is 17.5 Å². The van der Waals surface area contributed by atoms with Crippen LogP contribution in [0.15, 0.2) is 65.3 Å². The molecule has 0 bridgehead atoms. The predicted molar refractivity (Wildman–Crippen MR) is 105 cm³/mol. The lowest BCUT2D eigenvalue weighted by Crippen LogP contribution is -2.48. The molecule has 2 aromatic heterocycles. The molecule has 1 fully saturated rings. The maximum Gasteiger partial charge on any atom is 0.289 e. The molecule has 3 aromatic rings. The summed E-state index contributed by atoms with van der Waals surface area (Å²) in [4.78, 5) is 21.0. The lowest BCUT2D eigenvalue weighted by molar-refractivity contribution is 0.0598. The second-order valence-electron chi connectivity index (χ2n) is 6.57. The Morgan fingerprint density at radius 3 is 2.48 bits per heavy atom. The topological polar surface area (TPSA) is 49.6 Å². The maximum atomic E-state index is 12.8. The number of hydrogen-bond acceptors (Lipinski definition) is 4. The number of aromatic nitrogens is 1. The highest BCUT2D eigenvalue weighted by atomic mass is 35.5. The molecule has 6 heteroatoms. The van der Waals surface area contributed by atoms with Crippen molar-refractivity contribution in [3.8, 4) is 11.3 Å². The Hall–Kier alpha value is -2.63. The van der Waals surface area contributed by atoms with E-state index in [2.05, 4.69) is 9.88 Å². The van der Waals surface area contributed by atoms with E-state index in [1.165, 1.54) is 5.56 Å². The number of pyridine rings is 1. The highest BCUT2D eigenvalue weighted by molar-refractivity contribution is 6.33. The van der Waals surface area contributed by atoms with Gasteiger partial charge in [0.2, 0.25) is 0 Å². The van der Waals surface area contributed by atoms with Gasteiger partial charge in [0.05, 0.1) is 5.02 Å². The van der Waals surface area contributed by atoms with Crippen molar-refractivity contribution < 1.29 is 9.21 Å². The molecule has 1 aromatic carbocycles. The third-order valence-electron chi connectivity index (χ3n) is 4.77. The standard InChI is InChI=1S/C21H20ClN3O2/c22-18-4-2-1-3-17(18)19-5-6-20(27-19)21(26)25-13-11-24(12-14-25)15-16-7-9-23-10-8-16/h1-10H,11-15H2. The van der Waals surface area contributed by atoms with E-state index < -0.39 is 0 Å². The molecular weight excluding hydrogens is 362 g/mol. The number of hydrogen-bond donors (Lipinski definition) is 0. The van der Waals surface area contributed by atoms with Crippen LogP contribution in [0.2, 0.25) is 5.02 Å². The fourth-order valence-electron chi connectivity index (χ4n) is 3.27. The van der Waals surface area contributed by atoms with Gasteiger partial charge in [-0.2, -0.15) is 0 Å². The molecule has 1 aliphatic rings. The zero-order valence-corrected chi connectivity index (χ0v) is 15.6. The van der Waals surface area contributed by atoms with Crippen LogP contribution in [0.4, 0.5) is 0 Å². The number of amides is 1. The van der Waals surface area contributed by atoms with E-state index in [0.717, 1.165) is 25.2 Å². The molecular formula is C21H20ClN3O2. The number of nitrogens with zero attached hydrogens (tertiary/aromatic N) is 3. The van der Waals surface area contributed by atoms with Crippen LogP contribution in [-0.4, -0.2) is 46.9 Å². The summed E-state index contributed by atoms with van der Waals surface area (Å²) in [6, 6.07) is 15.0. The van der Waals surface area contributed by atoms with Gasteiger partial charge in [0.25, 0.3) is 5.91 Å². The fourth-order valence-corrected chi connectivity index (χ4v) is 3.50. The van der Waals surface area contributed by atoms with E-state index in [1.807, 2.05) is 53.7 Å². The van der Waals surface area contributed by atoms with Gasteiger partial charge in [0.15, 0.2) is 5.76 Å². The smallest absolute Gasteiger partial charge is 0.289 e. The maximum absolute atomic E-state index is 12.8. The highest BCUT2D eigenvalue weighted by Crippen LogP contribution is 2.29. The van der Waals surface area contributed by atoms with Crippen molar-refractivity contribution in [1.29, 1.82) is 0 Å². The molecule has 4 rings (SSSR count). The number of furan rings is 1. The van der Waals surface area contributed by atoms with Crippen molar-refractivity contribution in [2.45, 2.75) is 6.54 Å². The molecule has 1 amide bonds. The summed E-state index contributed by atoms with van der Waals surface area (Å²) >= 11 is 6.21. The van der Waals surface area contributed by atoms with E-state index in [4.69, 9.17) is 16.0 Å². The van der Waals surface area contributed by atoms with Crippen molar-refractivity contribution in [1.82, 2.24) is 14.8 Å². The molecule has 5 nitrogen and oxygen atoms in total. The first-order valence-electron chi connectivity index (χ1n) is 8.96. The first kappa shape index (κ1) is 17.8. The number of carbonyl (C=O) groups excluding carboxylic acids is 1. The van der Waals surface area contributed by atoms with Gasteiger partial charge in [-0.3, -0.25) is 14.7 Å². The summed E-state index contributed by atoms with van der Waals surface area (Å²) in [5, 5.41) is 0.607. The van der Waals surface area contributed by atoms with E-state index >= 15 is 0 Å². The van der Waals surface area contributed by atoms with Crippen LogP contribution >= 0.6 is 11.6 Å². The largest absolute Gasteiger partial charge is 0.451 e. The van der Waals surface area contributed by atoms with Gasteiger partial charge in [0.1, 0.15) is 5.76 Å². The van der Waals surface area contributed by atoms with Crippen molar-refractivity contribution in [3.63, 3.8) is 0 Å². The Labute approximate surface area is 163 Å². The van der Waals surface area contributed by atoms with Crippen molar-refractivity contribution in [2.24, 2.45) is 0 Å². The van der Waals surface area contributed by atoms with Gasteiger partial charge in [-0.1, -0.05) is 23.7 Å². The molecule has 0 aliphatic carbocycles. The predicted octanol–water partition coefficient (Wildman–Crippen LogP) is 3.95. The van der Waals surface area contributed by atoms with E-state index in [9.17, 15) is 4.79 Å². The number of rotatable bonds is 4. The van der Waals surface area contributed by atoms with Gasteiger partial charge in [-0.25, -0.2) is 0 Å². The highest BCUT2D eigenvalue weighted by Gasteiger charge is 2.24. The van der Waals surface area contributed by atoms with Gasteiger partial charge in [0, 0.05) is 50.7 Å². The normalized spacial score (nSPS) is 15.1. The molecule has 138 valence electrons. The number of benzene rings is 1. The summed E-state index contributed by atoms with van der Waals surface area (Å²) < 4.78 is 5.79. The summed E-state index contributed by atoms with van der Waals surface area (Å²) in [5.41, 5.74) is 2.03. The van der Waals surface area contributed by atoms with Crippen LogP contribution in [0.25, 0.3) is 11.3 Å². The lowest BCUT2D eigenvalue weighted by Gasteiger charge is -2.34. The molecule has 0 N–H and O–H groups in total. The Morgan fingerprint density at radius 1 is 1.00 bits per heavy atom. The van der Waals surface area contributed by atoms with Gasteiger partial charge < -0.3 is 9.32 Å². The molecule has 0 radical (unpaired) electrons. The van der Waals surface area contributed by atoms with Crippen LogP contribution in [0.5, 0.6) is 0 Å². The summed E-state index contributed by atoms with van der Waals surface area (Å²) in [6.07, 6.45) is 3.62. The number of carbonyl (C=O) groups is 1. The van der Waals surface area contributed by atoms with Crippen LogP contribution < -0.4 is 0 Å². The number of halogens is 1. The second-order valence-corrected chi connectivity index (χ2v) is 6.97. The van der Waals surface area contributed by atoms with Crippen LogP contribution in [0.1, 0.15) is 16.1 Å². The van der Waals surface area contributed by atoms with Gasteiger partial charge in [-0.15, -0.1) is 0 Å². The molecule has 1 aliphatic heterocycles. The minimum atomic E-state index is -0.0723. The lowest BCUT2D eigenvalue weighted by atomic mass is 10.2. The van der Waals surface area contributed by atoms with Crippen molar-refractivity contribution in [3.05, 3.63) is 77.3 Å². The Bertz CT molecular complexity index is 918. The zero-order valence-electron chi connectivity index (χ0n) is 14.8. The number of piperazine rings is 1. The third kappa shape index (κ3) is 4.04. The van der Waals surface area contributed by atoms with E-state index in [0.29, 0.717) is 29.6 Å². The van der Waals surface area contributed by atoms with Crippen LogP contribution in [-0.2, 0) is 6.54 Å². The van der Waals surface area contributed by atoms with Crippen LogP contribution in [0, 0.1) is 0 Å². The molecule has 3 heterocycles. The Balaban J connectivity index is 1.38. The monoisotopic (exact) mass is 381 g/mol. The van der Waals surface area contributed by atoms with Gasteiger partial charge >= 0.3 is 0 Å². The fraction of sp³-hybridized carbons (Fsp3) is 0.238. The zero-order chi connectivity index (χ0) is 18.6. The minimum Gasteiger partial charge on any atom is -0.451 e. The summed E-state index contributed by atoms with van der Waals surface area (Å²) in [6.45, 7) is 3.93. The summed E-state index contributed by atoms with van der Waals surface area (Å²) in [7, 11) is 0. The van der Waals surface area contributed by atoms with E-state index in [-0.39, 0.29) is 5.91 Å². The third-order valence-corrected chi connectivity index (χ3v) is 5.10. The molecule has 0 saturated carbocycles. The van der Waals surface area contributed by atoms with E-state index in [1.54, 1.807) is 12.1 Å². The second kappa shape index (κ2) is 7.94. The SMILES string of the molecule is O=C(c1ccc(-c2ccccc2Cl)o1)N1CCN(Cc2ccncc2)CC1. The van der Waals surface area contributed by atoms with Crippen LogP contribution in [0.3, 0.4) is 0 Å². The van der Waals surface area contributed by atoms with Gasteiger partial charge in [-0.05, 0) is 42.0 Å². The quantitative estimate of drug-likeness (QED) is 0.686. The van der Waals surface area contributed by atoms with Crippen molar-refractivity contribution in [2.75, 3.05) is 26.2 Å². The molecule has 27 heavy (non-hydrogen) atoms. The Morgan fingerprint density at radius 2 is 1.74 bits per heavy atom. The average Bonchev–Trinajstić information content (AvgIpc) is 3.19.